The molecule has 7 nitrogen and oxygen atoms in total. The van der Waals surface area contributed by atoms with Crippen molar-refractivity contribution >= 4 is 23.4 Å². The predicted molar refractivity (Wildman–Crippen MR) is 130 cm³/mol. The second kappa shape index (κ2) is 10.6. The van der Waals surface area contributed by atoms with Gasteiger partial charge in [-0.25, -0.2) is 0 Å². The molecule has 2 atom stereocenters. The van der Waals surface area contributed by atoms with Gasteiger partial charge in [0.2, 0.25) is 11.7 Å². The molecule has 0 radical (unpaired) electrons. The van der Waals surface area contributed by atoms with Crippen LogP contribution in [-0.2, 0) is 4.79 Å². The average molecular weight is 487 g/mol. The number of likely N-dealkylation sites (tertiary alicyclic amines) is 2. The second-order valence-electron chi connectivity index (χ2n) is 8.75. The Labute approximate surface area is 205 Å². The van der Waals surface area contributed by atoms with Crippen LogP contribution in [0.3, 0.4) is 0 Å². The number of amides is 2. The van der Waals surface area contributed by atoms with Gasteiger partial charge in [0.25, 0.3) is 5.91 Å². The molecule has 0 unspecified atom stereocenters. The topological polar surface area (TPSA) is 68.3 Å². The summed E-state index contributed by atoms with van der Waals surface area (Å²) in [5, 5.41) is 0.405. The summed E-state index contributed by atoms with van der Waals surface area (Å²) in [4.78, 5) is 30.7. The number of halogens is 1. The third-order valence-corrected chi connectivity index (χ3v) is 7.14. The normalized spacial score (nSPS) is 20.2. The van der Waals surface area contributed by atoms with Crippen LogP contribution in [0.4, 0.5) is 0 Å². The van der Waals surface area contributed by atoms with E-state index < -0.39 is 0 Å². The Morgan fingerprint density at radius 1 is 0.882 bits per heavy atom. The highest BCUT2D eigenvalue weighted by molar-refractivity contribution is 6.33. The molecule has 2 amide bonds. The molecule has 2 fully saturated rings. The zero-order valence-corrected chi connectivity index (χ0v) is 20.6. The van der Waals surface area contributed by atoms with Crippen LogP contribution in [-0.4, -0.2) is 69.1 Å². The molecule has 182 valence electrons. The first-order chi connectivity index (χ1) is 16.5. The fourth-order valence-corrected chi connectivity index (χ4v) is 5.24. The molecule has 0 aliphatic carbocycles. The van der Waals surface area contributed by atoms with Gasteiger partial charge in [-0.1, -0.05) is 23.7 Å². The Morgan fingerprint density at radius 2 is 1.53 bits per heavy atom. The minimum absolute atomic E-state index is 0.0907. The highest BCUT2D eigenvalue weighted by atomic mass is 35.5. The number of methoxy groups -OCH3 is 3. The molecule has 0 N–H and O–H groups in total. The standard InChI is InChI=1S/C26H31ClN2O5/c1-32-22-13-17(14-23(33-2)24(22)34-3)19-15-29(25(30)18-9-5-6-10-21(18)27)16-20(19)26(31)28-11-7-4-8-12-28/h5-6,9-10,13-14,19-20H,4,7-8,11-12,15-16H2,1-3H3/t19-,20+/m1/s1. The summed E-state index contributed by atoms with van der Waals surface area (Å²) in [6, 6.07) is 10.8. The maximum atomic E-state index is 13.7. The van der Waals surface area contributed by atoms with Crippen LogP contribution >= 0.6 is 11.6 Å². The lowest BCUT2D eigenvalue weighted by Crippen LogP contribution is -2.42. The summed E-state index contributed by atoms with van der Waals surface area (Å²) >= 11 is 6.31. The summed E-state index contributed by atoms with van der Waals surface area (Å²) < 4.78 is 16.6. The van der Waals surface area contributed by atoms with Gasteiger partial charge in [-0.3, -0.25) is 9.59 Å². The summed E-state index contributed by atoms with van der Waals surface area (Å²) in [5.74, 6) is 0.885. The number of ether oxygens (including phenoxy) is 3. The maximum absolute atomic E-state index is 13.7. The van der Waals surface area contributed by atoms with Crippen LogP contribution in [0.5, 0.6) is 17.2 Å². The molecule has 2 aromatic rings. The Bertz CT molecular complexity index is 1030. The van der Waals surface area contributed by atoms with Gasteiger partial charge in [0.05, 0.1) is 37.8 Å². The lowest BCUT2D eigenvalue weighted by molar-refractivity contribution is -0.136. The molecule has 0 saturated carbocycles. The van der Waals surface area contributed by atoms with Crippen LogP contribution in [0.1, 0.15) is 41.1 Å². The van der Waals surface area contributed by atoms with Gasteiger partial charge in [0.15, 0.2) is 11.5 Å². The van der Waals surface area contributed by atoms with Crippen molar-refractivity contribution in [1.82, 2.24) is 9.80 Å². The van der Waals surface area contributed by atoms with Crippen LogP contribution in [0.25, 0.3) is 0 Å². The number of piperidine rings is 1. The van der Waals surface area contributed by atoms with Crippen LogP contribution in [0, 0.1) is 5.92 Å². The summed E-state index contributed by atoms with van der Waals surface area (Å²) in [7, 11) is 4.70. The van der Waals surface area contributed by atoms with E-state index in [0.717, 1.165) is 37.9 Å². The molecule has 0 bridgehead atoms. The van der Waals surface area contributed by atoms with E-state index in [9.17, 15) is 9.59 Å². The molecule has 0 spiro atoms. The van der Waals surface area contributed by atoms with E-state index in [4.69, 9.17) is 25.8 Å². The number of nitrogens with zero attached hydrogens (tertiary/aromatic N) is 2. The zero-order valence-electron chi connectivity index (χ0n) is 19.9. The Balaban J connectivity index is 1.71. The first kappa shape index (κ1) is 24.2. The molecule has 34 heavy (non-hydrogen) atoms. The molecule has 4 rings (SSSR count). The van der Waals surface area contributed by atoms with Crippen molar-refractivity contribution in [2.45, 2.75) is 25.2 Å². The zero-order chi connectivity index (χ0) is 24.2. The molecule has 2 heterocycles. The van der Waals surface area contributed by atoms with Crippen molar-refractivity contribution in [3.05, 3.63) is 52.5 Å². The minimum Gasteiger partial charge on any atom is -0.493 e. The number of hydrogen-bond acceptors (Lipinski definition) is 5. The van der Waals surface area contributed by atoms with Gasteiger partial charge >= 0.3 is 0 Å². The number of rotatable bonds is 6. The average Bonchev–Trinajstić information content (AvgIpc) is 3.33. The molecule has 0 aromatic heterocycles. The number of benzene rings is 2. The van der Waals surface area contributed by atoms with Crippen LogP contribution in [0.2, 0.25) is 5.02 Å². The van der Waals surface area contributed by atoms with Crippen LogP contribution < -0.4 is 14.2 Å². The molecule has 2 aliphatic rings. The van der Waals surface area contributed by atoms with Crippen molar-refractivity contribution in [3.8, 4) is 17.2 Å². The molecule has 8 heteroatoms. The van der Waals surface area contributed by atoms with Crippen molar-refractivity contribution < 1.29 is 23.8 Å². The van der Waals surface area contributed by atoms with Crippen molar-refractivity contribution in [3.63, 3.8) is 0 Å². The number of carbonyl (C=O) groups excluding carboxylic acids is 2. The maximum Gasteiger partial charge on any atom is 0.255 e. The van der Waals surface area contributed by atoms with Gasteiger partial charge in [-0.15, -0.1) is 0 Å². The fraction of sp³-hybridized carbons (Fsp3) is 0.462. The van der Waals surface area contributed by atoms with E-state index in [1.54, 1.807) is 50.5 Å². The number of carbonyl (C=O) groups is 2. The largest absolute Gasteiger partial charge is 0.493 e. The smallest absolute Gasteiger partial charge is 0.255 e. The van der Waals surface area contributed by atoms with Crippen molar-refractivity contribution in [1.29, 1.82) is 0 Å². The van der Waals surface area contributed by atoms with E-state index in [2.05, 4.69) is 0 Å². The van der Waals surface area contributed by atoms with Crippen LogP contribution in [0.15, 0.2) is 36.4 Å². The van der Waals surface area contributed by atoms with Crippen molar-refractivity contribution in [2.24, 2.45) is 5.92 Å². The van der Waals surface area contributed by atoms with E-state index in [0.29, 0.717) is 40.9 Å². The number of hydrogen-bond donors (Lipinski definition) is 0. The van der Waals surface area contributed by atoms with Gasteiger partial charge in [-0.05, 0) is 49.1 Å². The molecular weight excluding hydrogens is 456 g/mol. The first-order valence-electron chi connectivity index (χ1n) is 11.6. The second-order valence-corrected chi connectivity index (χ2v) is 9.15. The van der Waals surface area contributed by atoms with Gasteiger partial charge in [-0.2, -0.15) is 0 Å². The van der Waals surface area contributed by atoms with Gasteiger partial charge < -0.3 is 24.0 Å². The molecule has 2 aliphatic heterocycles. The van der Waals surface area contributed by atoms with Crippen molar-refractivity contribution in [2.75, 3.05) is 47.5 Å². The van der Waals surface area contributed by atoms with Gasteiger partial charge in [0, 0.05) is 32.1 Å². The Kier molecular flexibility index (Phi) is 7.51. The van der Waals surface area contributed by atoms with E-state index in [-0.39, 0.29) is 23.7 Å². The summed E-state index contributed by atoms with van der Waals surface area (Å²) in [6.45, 7) is 2.25. The van der Waals surface area contributed by atoms with Gasteiger partial charge in [0.1, 0.15) is 0 Å². The first-order valence-corrected chi connectivity index (χ1v) is 12.0. The predicted octanol–water partition coefficient (Wildman–Crippen LogP) is 4.23. The molecule has 2 aromatic carbocycles. The fourth-order valence-electron chi connectivity index (χ4n) is 5.03. The third kappa shape index (κ3) is 4.67. The monoisotopic (exact) mass is 486 g/mol. The minimum atomic E-state index is -0.368. The van der Waals surface area contributed by atoms with E-state index >= 15 is 0 Å². The molecular formula is C26H31ClN2O5. The lowest BCUT2D eigenvalue weighted by Gasteiger charge is -2.31. The Morgan fingerprint density at radius 3 is 2.12 bits per heavy atom. The third-order valence-electron chi connectivity index (χ3n) is 6.81. The van der Waals surface area contributed by atoms with E-state index in [1.807, 2.05) is 17.0 Å². The lowest BCUT2D eigenvalue weighted by atomic mass is 9.87. The summed E-state index contributed by atoms with van der Waals surface area (Å²) in [5.41, 5.74) is 1.32. The highest BCUT2D eigenvalue weighted by Gasteiger charge is 2.43. The SMILES string of the molecule is COc1cc([C@H]2CN(C(=O)c3ccccc3Cl)C[C@@H]2C(=O)N2CCCCC2)cc(OC)c1OC. The summed E-state index contributed by atoms with van der Waals surface area (Å²) in [6.07, 6.45) is 3.16. The van der Waals surface area contributed by atoms with E-state index in [1.165, 1.54) is 0 Å². The quantitative estimate of drug-likeness (QED) is 0.611. The Hall–Kier alpha value is -2.93. The molecule has 2 saturated heterocycles. The highest BCUT2D eigenvalue weighted by Crippen LogP contribution is 2.44.